The van der Waals surface area contributed by atoms with Crippen molar-refractivity contribution >= 4 is 47.0 Å². The fraction of sp³-hybridized carbons (Fsp3) is 1.00. The topological polar surface area (TPSA) is 98.5 Å². The van der Waals surface area contributed by atoms with E-state index in [1.807, 2.05) is 22.6 Å². The summed E-state index contributed by atoms with van der Waals surface area (Å²) in [6, 6.07) is 0. The first-order valence-corrected chi connectivity index (χ1v) is 6.92. The van der Waals surface area contributed by atoms with Gasteiger partial charge in [0.25, 0.3) is 0 Å². The van der Waals surface area contributed by atoms with Gasteiger partial charge in [0, 0.05) is 0 Å². The van der Waals surface area contributed by atoms with Crippen LogP contribution < -0.4 is 0 Å². The van der Waals surface area contributed by atoms with Crippen LogP contribution in [0.4, 0.5) is 0 Å². The van der Waals surface area contributed by atoms with Crippen LogP contribution in [0.25, 0.3) is 10.4 Å². The number of rotatable bonds is 2. The van der Waals surface area contributed by atoms with Crippen LogP contribution in [-0.2, 0) is 4.74 Å². The van der Waals surface area contributed by atoms with Crippen molar-refractivity contribution in [1.82, 2.24) is 0 Å². The molecule has 1 saturated heterocycles. The van der Waals surface area contributed by atoms with Gasteiger partial charge in [-0.3, -0.25) is 0 Å². The monoisotopic (exact) mass is 399 g/mol. The van der Waals surface area contributed by atoms with Crippen molar-refractivity contribution < 1.29 is 14.9 Å². The number of ether oxygens (including phenoxy) is 1. The number of hydrogen-bond donors (Lipinski definition) is 2. The predicted molar refractivity (Wildman–Crippen MR) is 53.4 cm³/mol. The Labute approximate surface area is 103 Å². The molecule has 13 heavy (non-hydrogen) atoms. The van der Waals surface area contributed by atoms with Gasteiger partial charge in [0.2, 0.25) is 0 Å². The minimum absolute atomic E-state index is 0.324. The van der Waals surface area contributed by atoms with E-state index in [4.69, 9.17) is 10.3 Å². The van der Waals surface area contributed by atoms with Crippen molar-refractivity contribution in [3.63, 3.8) is 0 Å². The average Bonchev–Trinajstić information content (AvgIpc) is 2.32. The Bertz CT molecular complexity index is 249. The Balaban J connectivity index is 2.95. The van der Waals surface area contributed by atoms with Crippen LogP contribution in [0.1, 0.15) is 0 Å². The Hall–Kier alpha value is 0.790. The fourth-order valence-electron chi connectivity index (χ4n) is 1.12. The molecule has 0 aliphatic carbocycles. The van der Waals surface area contributed by atoms with Crippen molar-refractivity contribution in [3.8, 4) is 0 Å². The molecule has 0 aromatic heterocycles. The molecular weight excluding hydrogens is 392 g/mol. The third-order valence-electron chi connectivity index (χ3n) is 1.87. The van der Waals surface area contributed by atoms with E-state index in [0.29, 0.717) is 28.8 Å². The molecule has 0 aromatic carbocycles. The van der Waals surface area contributed by atoms with Crippen molar-refractivity contribution in [1.29, 1.82) is 0 Å². The number of nitrogens with zero attached hydrogens (tertiary/aromatic N) is 3. The zero-order chi connectivity index (χ0) is 10.1. The molecule has 0 saturated carbocycles. The summed E-state index contributed by atoms with van der Waals surface area (Å²) in [5.74, 6) is 0. The molecule has 2 radical (unpaired) electrons. The van der Waals surface area contributed by atoms with E-state index < -0.39 is 17.9 Å². The number of alkyl halides is 1. The van der Waals surface area contributed by atoms with Gasteiger partial charge in [0.15, 0.2) is 0 Å². The summed E-state index contributed by atoms with van der Waals surface area (Å²) in [5.41, 5.74) is 7.03. The maximum absolute atomic E-state index is 9.59. The van der Waals surface area contributed by atoms with Crippen molar-refractivity contribution in [3.05, 3.63) is 10.4 Å². The number of aliphatic hydroxyl groups excluding tert-OH is 2. The zero-order valence-electron chi connectivity index (χ0n) is 6.54. The molecule has 70 valence electrons. The van der Waals surface area contributed by atoms with Gasteiger partial charge in [-0.25, -0.2) is 0 Å². The second-order valence-electron chi connectivity index (χ2n) is 2.69. The van der Waals surface area contributed by atoms with Gasteiger partial charge in [-0.05, 0) is 0 Å². The van der Waals surface area contributed by atoms with Gasteiger partial charge in [-0.15, -0.1) is 0 Å². The summed E-state index contributed by atoms with van der Waals surface area (Å²) in [6.07, 6.45) is -2.07. The average molecular weight is 399 g/mol. The van der Waals surface area contributed by atoms with E-state index in [-0.39, 0.29) is 3.86 Å². The van der Waals surface area contributed by atoms with E-state index in [0.717, 1.165) is 0 Å². The molecule has 0 spiro atoms. The fourth-order valence-corrected chi connectivity index (χ4v) is 3.17. The molecule has 1 aliphatic heterocycles. The Morgan fingerprint density at radius 3 is 2.62 bits per heavy atom. The van der Waals surface area contributed by atoms with Gasteiger partial charge in [-0.1, -0.05) is 0 Å². The second kappa shape index (κ2) is 4.54. The van der Waals surface area contributed by atoms with Crippen LogP contribution in [0.3, 0.4) is 0 Å². The number of hydrogen-bond acceptors (Lipinski definition) is 4. The van der Waals surface area contributed by atoms with E-state index in [1.165, 1.54) is 0 Å². The zero-order valence-corrected chi connectivity index (χ0v) is 12.0. The maximum atomic E-state index is 9.59. The predicted octanol–water partition coefficient (Wildman–Crippen LogP) is -0.325. The summed E-state index contributed by atoms with van der Waals surface area (Å²) >= 11 is 2.61. The van der Waals surface area contributed by atoms with Crippen LogP contribution in [0, 0.1) is 0 Å². The standard InChI is InChI=1S/C5H7IN3O3.In/c6-2-5(8-9-7)4(11)3(10)1-12-5;/h1,3-4,10-11H,2H2;/t3-,4-,5+;/m0./s1. The van der Waals surface area contributed by atoms with Gasteiger partial charge in [-0.2, -0.15) is 0 Å². The summed E-state index contributed by atoms with van der Waals surface area (Å²) in [6.45, 7) is 0. The summed E-state index contributed by atoms with van der Waals surface area (Å²) in [4.78, 5) is 2.62. The Kier molecular flexibility index (Phi) is 4.14. The molecule has 0 amide bonds. The third kappa shape index (κ3) is 2.07. The molecule has 6 nitrogen and oxygen atoms in total. The van der Waals surface area contributed by atoms with Crippen LogP contribution >= 0.6 is 22.6 Å². The van der Waals surface area contributed by atoms with Gasteiger partial charge in [0.1, 0.15) is 0 Å². The van der Waals surface area contributed by atoms with Crippen LogP contribution in [0.2, 0.25) is 0 Å². The summed E-state index contributed by atoms with van der Waals surface area (Å²) < 4.78 is 5.23. The molecule has 1 aliphatic rings. The van der Waals surface area contributed by atoms with Crippen molar-refractivity contribution in [2.45, 2.75) is 21.8 Å². The van der Waals surface area contributed by atoms with Crippen LogP contribution in [0.5, 0.6) is 0 Å². The quantitative estimate of drug-likeness (QED) is 0.219. The van der Waals surface area contributed by atoms with Crippen LogP contribution in [0.15, 0.2) is 5.11 Å². The molecule has 8 heteroatoms. The van der Waals surface area contributed by atoms with E-state index in [9.17, 15) is 10.2 Å². The number of azide groups is 1. The van der Waals surface area contributed by atoms with E-state index in [2.05, 4.69) is 10.0 Å². The Morgan fingerprint density at radius 1 is 1.69 bits per heavy atom. The summed E-state index contributed by atoms with van der Waals surface area (Å²) in [5, 5.41) is 22.4. The van der Waals surface area contributed by atoms with Crippen molar-refractivity contribution in [2.24, 2.45) is 5.11 Å². The molecule has 0 aromatic rings. The molecular formula is C5H7IInN3O3. The molecule has 2 N–H and O–H groups in total. The first-order chi connectivity index (χ1) is 6.07. The number of halogens is 1. The summed E-state index contributed by atoms with van der Waals surface area (Å²) in [7, 11) is 0. The first-order valence-electron chi connectivity index (χ1n) is 3.49. The molecule has 0 bridgehead atoms. The van der Waals surface area contributed by atoms with Gasteiger partial charge >= 0.3 is 104 Å². The molecule has 4 atom stereocenters. The molecule has 1 fully saturated rings. The third-order valence-corrected chi connectivity index (χ3v) is 4.47. The SMILES string of the molecule is [N-]=[N+]=N[C@]1(CI)O[C@@H]([In])[C@H](O)[C@@H]1O. The second-order valence-corrected chi connectivity index (χ2v) is 5.32. The molecule has 0 unspecified atom stereocenters. The normalized spacial score (nSPS) is 44.4. The molecule has 1 heterocycles. The van der Waals surface area contributed by atoms with Crippen molar-refractivity contribution in [2.75, 3.05) is 4.43 Å². The van der Waals surface area contributed by atoms with E-state index in [1.54, 1.807) is 0 Å². The van der Waals surface area contributed by atoms with Crippen LogP contribution in [-0.4, -0.2) is 60.8 Å². The number of aliphatic hydroxyl groups is 2. The Morgan fingerprint density at radius 2 is 2.31 bits per heavy atom. The molecule has 1 rings (SSSR count). The minimum atomic E-state index is -1.28. The van der Waals surface area contributed by atoms with Gasteiger partial charge < -0.3 is 0 Å². The first kappa shape index (κ1) is 11.9. The van der Waals surface area contributed by atoms with E-state index >= 15 is 0 Å². The van der Waals surface area contributed by atoms with Gasteiger partial charge in [0.05, 0.1) is 0 Å².